The molecular weight excluding hydrogens is 430 g/mol. The number of H-pyrrole nitrogens is 1. The highest BCUT2D eigenvalue weighted by atomic mass is 79.9. The van der Waals surface area contributed by atoms with Crippen LogP contribution in [0.15, 0.2) is 16.6 Å². The normalized spacial score (nSPS) is 10.5. The van der Waals surface area contributed by atoms with Crippen molar-refractivity contribution >= 4 is 33.5 Å². The van der Waals surface area contributed by atoms with E-state index in [9.17, 15) is 14.4 Å². The Hall–Kier alpha value is -2.61. The van der Waals surface area contributed by atoms with Gasteiger partial charge in [0, 0.05) is 11.3 Å². The molecule has 1 heterocycles. The molecule has 150 valence electrons. The van der Waals surface area contributed by atoms with Crippen LogP contribution in [0.25, 0.3) is 0 Å². The summed E-state index contributed by atoms with van der Waals surface area (Å²) in [6.07, 6.45) is 0. The maximum Gasteiger partial charge on any atom is 0.338 e. The lowest BCUT2D eigenvalue weighted by molar-refractivity contribution is 0.0473. The molecule has 8 heteroatoms. The molecule has 0 bridgehead atoms. The number of aromatic nitrogens is 1. The first-order chi connectivity index (χ1) is 13.2. The minimum atomic E-state index is -0.678. The van der Waals surface area contributed by atoms with Crippen LogP contribution in [0.1, 0.15) is 56.3 Å². The Morgan fingerprint density at radius 3 is 2.39 bits per heavy atom. The van der Waals surface area contributed by atoms with Gasteiger partial charge in [0.25, 0.3) is 0 Å². The SMILES string of the molecule is CCOc1c(Br)cc(C(=O)OCC(=O)c2[nH]c(C)c(C(C)=O)c2C)cc1OC. The lowest BCUT2D eigenvalue weighted by Gasteiger charge is -2.13. The summed E-state index contributed by atoms with van der Waals surface area (Å²) < 4.78 is 16.4. The number of aryl methyl sites for hydroxylation is 1. The molecule has 0 saturated carbocycles. The standard InChI is InChI=1S/C20H22BrNO6/c1-6-27-19-14(21)7-13(8-16(19)26-5)20(25)28-9-15(24)18-10(2)17(12(4)23)11(3)22-18/h7-8,22H,6,9H2,1-5H3. The van der Waals surface area contributed by atoms with Gasteiger partial charge in [0.05, 0.1) is 29.4 Å². The van der Waals surface area contributed by atoms with E-state index in [4.69, 9.17) is 14.2 Å². The van der Waals surface area contributed by atoms with Gasteiger partial charge >= 0.3 is 5.97 Å². The van der Waals surface area contributed by atoms with E-state index < -0.39 is 18.4 Å². The maximum absolute atomic E-state index is 12.4. The number of hydrogen-bond donors (Lipinski definition) is 1. The van der Waals surface area contributed by atoms with Gasteiger partial charge in [-0.25, -0.2) is 4.79 Å². The van der Waals surface area contributed by atoms with Gasteiger partial charge in [0.15, 0.2) is 23.9 Å². The van der Waals surface area contributed by atoms with Gasteiger partial charge in [0.2, 0.25) is 5.78 Å². The zero-order valence-corrected chi connectivity index (χ0v) is 18.0. The Labute approximate surface area is 171 Å². The van der Waals surface area contributed by atoms with Crippen LogP contribution in [0, 0.1) is 13.8 Å². The largest absolute Gasteiger partial charge is 0.493 e. The number of nitrogens with one attached hydrogen (secondary N) is 1. The number of benzene rings is 1. The van der Waals surface area contributed by atoms with Crippen LogP contribution in [0.2, 0.25) is 0 Å². The van der Waals surface area contributed by atoms with Gasteiger partial charge in [-0.3, -0.25) is 9.59 Å². The highest BCUT2D eigenvalue weighted by Gasteiger charge is 2.22. The van der Waals surface area contributed by atoms with Gasteiger partial charge < -0.3 is 19.2 Å². The molecule has 28 heavy (non-hydrogen) atoms. The first-order valence-corrected chi connectivity index (χ1v) is 9.41. The Morgan fingerprint density at radius 2 is 1.86 bits per heavy atom. The van der Waals surface area contributed by atoms with Crippen LogP contribution in [0.5, 0.6) is 11.5 Å². The second-order valence-electron chi connectivity index (χ2n) is 6.10. The lowest BCUT2D eigenvalue weighted by Crippen LogP contribution is -2.16. The third kappa shape index (κ3) is 4.44. The minimum absolute atomic E-state index is 0.131. The molecule has 2 rings (SSSR count). The van der Waals surface area contributed by atoms with Crippen LogP contribution in [-0.4, -0.2) is 42.8 Å². The minimum Gasteiger partial charge on any atom is -0.493 e. The van der Waals surface area contributed by atoms with Crippen LogP contribution in [0.3, 0.4) is 0 Å². The molecule has 1 N–H and O–H groups in total. The van der Waals surface area contributed by atoms with E-state index in [1.165, 1.54) is 26.2 Å². The predicted octanol–water partition coefficient (Wildman–Crippen LogP) is 4.04. The van der Waals surface area contributed by atoms with E-state index in [-0.39, 0.29) is 17.0 Å². The van der Waals surface area contributed by atoms with Gasteiger partial charge in [0.1, 0.15) is 0 Å². The summed E-state index contributed by atoms with van der Waals surface area (Å²) >= 11 is 3.34. The summed E-state index contributed by atoms with van der Waals surface area (Å²) in [4.78, 5) is 39.4. The smallest absolute Gasteiger partial charge is 0.338 e. The van der Waals surface area contributed by atoms with Gasteiger partial charge in [-0.2, -0.15) is 0 Å². The van der Waals surface area contributed by atoms with Crippen LogP contribution in [-0.2, 0) is 4.74 Å². The molecule has 0 atom stereocenters. The van der Waals surface area contributed by atoms with Crippen molar-refractivity contribution in [2.45, 2.75) is 27.7 Å². The molecule has 0 amide bonds. The average molecular weight is 452 g/mol. The van der Waals surface area contributed by atoms with Crippen LogP contribution in [0.4, 0.5) is 0 Å². The molecule has 0 aliphatic rings. The number of ether oxygens (including phenoxy) is 3. The van der Waals surface area contributed by atoms with Crippen molar-refractivity contribution in [2.75, 3.05) is 20.3 Å². The number of esters is 1. The Morgan fingerprint density at radius 1 is 1.18 bits per heavy atom. The highest BCUT2D eigenvalue weighted by molar-refractivity contribution is 9.10. The Bertz CT molecular complexity index is 931. The monoisotopic (exact) mass is 451 g/mol. The van der Waals surface area contributed by atoms with E-state index in [0.717, 1.165) is 0 Å². The van der Waals surface area contributed by atoms with Crippen LogP contribution >= 0.6 is 15.9 Å². The second-order valence-corrected chi connectivity index (χ2v) is 6.96. The van der Waals surface area contributed by atoms with Crippen molar-refractivity contribution in [2.24, 2.45) is 0 Å². The quantitative estimate of drug-likeness (QED) is 0.480. The molecule has 1 aromatic carbocycles. The van der Waals surface area contributed by atoms with E-state index in [2.05, 4.69) is 20.9 Å². The number of ketones is 2. The first kappa shape index (κ1) is 21.7. The van der Waals surface area contributed by atoms with Gasteiger partial charge in [-0.1, -0.05) is 0 Å². The summed E-state index contributed by atoms with van der Waals surface area (Å²) in [6.45, 7) is 6.66. The third-order valence-corrected chi connectivity index (χ3v) is 4.75. The van der Waals surface area contributed by atoms with Crippen molar-refractivity contribution in [1.29, 1.82) is 0 Å². The molecule has 1 aromatic heterocycles. The Kier molecular flexibility index (Phi) is 7.01. The zero-order chi connectivity index (χ0) is 21.0. The van der Waals surface area contributed by atoms with Crippen LogP contribution < -0.4 is 9.47 Å². The third-order valence-electron chi connectivity index (χ3n) is 4.16. The van der Waals surface area contributed by atoms with Crippen molar-refractivity contribution in [3.63, 3.8) is 0 Å². The van der Waals surface area contributed by atoms with Crippen molar-refractivity contribution in [1.82, 2.24) is 4.98 Å². The highest BCUT2D eigenvalue weighted by Crippen LogP contribution is 2.36. The van der Waals surface area contributed by atoms with E-state index >= 15 is 0 Å². The van der Waals surface area contributed by atoms with Gasteiger partial charge in [-0.05, 0) is 61.3 Å². The lowest BCUT2D eigenvalue weighted by atomic mass is 10.1. The summed E-state index contributed by atoms with van der Waals surface area (Å²) in [6, 6.07) is 3.03. The molecule has 0 aliphatic carbocycles. The average Bonchev–Trinajstić information content (AvgIpc) is 2.95. The fourth-order valence-electron chi connectivity index (χ4n) is 2.97. The number of carbonyl (C=O) groups is 3. The first-order valence-electron chi connectivity index (χ1n) is 8.61. The molecule has 0 radical (unpaired) electrons. The zero-order valence-electron chi connectivity index (χ0n) is 16.4. The number of hydrogen-bond acceptors (Lipinski definition) is 6. The van der Waals surface area contributed by atoms with E-state index in [0.29, 0.717) is 39.4 Å². The number of rotatable bonds is 8. The van der Waals surface area contributed by atoms with Gasteiger partial charge in [-0.15, -0.1) is 0 Å². The maximum atomic E-state index is 12.4. The van der Waals surface area contributed by atoms with E-state index in [1.54, 1.807) is 13.8 Å². The van der Waals surface area contributed by atoms with E-state index in [1.807, 2.05) is 6.92 Å². The Balaban J connectivity index is 2.16. The van der Waals surface area contributed by atoms with Crippen molar-refractivity contribution < 1.29 is 28.6 Å². The van der Waals surface area contributed by atoms with Crippen molar-refractivity contribution in [3.05, 3.63) is 44.7 Å². The molecule has 0 aliphatic heterocycles. The number of carbonyl (C=O) groups excluding carboxylic acids is 3. The van der Waals surface area contributed by atoms with Crippen molar-refractivity contribution in [3.8, 4) is 11.5 Å². The number of halogens is 1. The number of methoxy groups -OCH3 is 1. The summed E-state index contributed by atoms with van der Waals surface area (Å²) in [5.41, 5.74) is 2.12. The molecule has 0 saturated heterocycles. The molecule has 0 spiro atoms. The molecule has 2 aromatic rings. The summed E-state index contributed by atoms with van der Waals surface area (Å²) in [5, 5.41) is 0. The second kappa shape index (κ2) is 9.05. The molecule has 0 unspecified atom stereocenters. The molecule has 7 nitrogen and oxygen atoms in total. The molecular formula is C20H22BrNO6. The summed E-state index contributed by atoms with van der Waals surface area (Å²) in [7, 11) is 1.46. The topological polar surface area (TPSA) is 94.7 Å². The predicted molar refractivity (Wildman–Crippen MR) is 107 cm³/mol. The number of Topliss-reactive ketones (excluding diaryl/α,β-unsaturated/α-hetero) is 2. The molecule has 0 fully saturated rings. The fourth-order valence-corrected chi connectivity index (χ4v) is 3.52. The number of aromatic amines is 1. The fraction of sp³-hybridized carbons (Fsp3) is 0.350. The summed E-state index contributed by atoms with van der Waals surface area (Å²) in [5.74, 6) is -0.376.